The Kier molecular flexibility index (Phi) is 5.66. The lowest BCUT2D eigenvalue weighted by atomic mass is 9.86. The van der Waals surface area contributed by atoms with Crippen LogP contribution in [0.2, 0.25) is 0 Å². The first kappa shape index (κ1) is 14.8. The zero-order valence-corrected chi connectivity index (χ0v) is 12.3. The molecule has 2 aliphatic carbocycles. The number of ether oxygens (including phenoxy) is 1. The summed E-state index contributed by atoms with van der Waals surface area (Å²) in [5, 5.41) is 13.1. The minimum absolute atomic E-state index is 0.269. The Morgan fingerprint density at radius 2 is 2.05 bits per heavy atom. The number of nitriles is 1. The van der Waals surface area contributed by atoms with Gasteiger partial charge in [-0.2, -0.15) is 5.26 Å². The van der Waals surface area contributed by atoms with Crippen LogP contribution >= 0.6 is 0 Å². The van der Waals surface area contributed by atoms with Crippen molar-refractivity contribution in [2.45, 2.75) is 76.4 Å². The largest absolute Gasteiger partial charge is 0.378 e. The third kappa shape index (κ3) is 3.70. The fourth-order valence-corrected chi connectivity index (χ4v) is 3.67. The van der Waals surface area contributed by atoms with Gasteiger partial charge >= 0.3 is 0 Å². The van der Waals surface area contributed by atoms with Crippen LogP contribution < -0.4 is 5.32 Å². The minimum atomic E-state index is -0.269. The molecule has 0 heterocycles. The van der Waals surface area contributed by atoms with Crippen molar-refractivity contribution >= 4 is 0 Å². The van der Waals surface area contributed by atoms with Crippen molar-refractivity contribution in [2.24, 2.45) is 5.92 Å². The van der Waals surface area contributed by atoms with Crippen molar-refractivity contribution in [1.29, 1.82) is 5.26 Å². The number of hydrogen-bond donors (Lipinski definition) is 1. The van der Waals surface area contributed by atoms with Gasteiger partial charge in [0.2, 0.25) is 0 Å². The average molecular weight is 264 g/mol. The molecule has 2 fully saturated rings. The summed E-state index contributed by atoms with van der Waals surface area (Å²) in [7, 11) is 0. The summed E-state index contributed by atoms with van der Waals surface area (Å²) in [6.07, 6.45) is 11.1. The van der Waals surface area contributed by atoms with Crippen molar-refractivity contribution in [1.82, 2.24) is 5.32 Å². The highest BCUT2D eigenvalue weighted by Gasteiger charge is 2.42. The molecule has 0 spiro atoms. The van der Waals surface area contributed by atoms with Gasteiger partial charge in [0.1, 0.15) is 5.54 Å². The summed E-state index contributed by atoms with van der Waals surface area (Å²) in [6.45, 7) is 3.95. The molecule has 108 valence electrons. The van der Waals surface area contributed by atoms with Crippen LogP contribution in [-0.2, 0) is 4.74 Å². The van der Waals surface area contributed by atoms with Crippen LogP contribution in [0.25, 0.3) is 0 Å². The van der Waals surface area contributed by atoms with E-state index in [4.69, 9.17) is 4.74 Å². The van der Waals surface area contributed by atoms with Gasteiger partial charge in [0.15, 0.2) is 0 Å². The van der Waals surface area contributed by atoms with E-state index in [0.717, 1.165) is 32.4 Å². The third-order valence-electron chi connectivity index (χ3n) is 4.83. The van der Waals surface area contributed by atoms with Gasteiger partial charge in [-0.1, -0.05) is 26.2 Å². The lowest BCUT2D eigenvalue weighted by molar-refractivity contribution is 0.0451. The molecule has 0 bridgehead atoms. The number of nitrogens with zero attached hydrogens (tertiary/aromatic N) is 1. The van der Waals surface area contributed by atoms with Gasteiger partial charge < -0.3 is 4.74 Å². The van der Waals surface area contributed by atoms with Crippen LogP contribution in [0.15, 0.2) is 0 Å². The predicted octanol–water partition coefficient (Wildman–Crippen LogP) is 3.40. The van der Waals surface area contributed by atoms with E-state index >= 15 is 0 Å². The quantitative estimate of drug-likeness (QED) is 0.766. The van der Waals surface area contributed by atoms with Crippen molar-refractivity contribution < 1.29 is 4.74 Å². The summed E-state index contributed by atoms with van der Waals surface area (Å²) in [6, 6.07) is 2.57. The fourth-order valence-electron chi connectivity index (χ4n) is 3.67. The van der Waals surface area contributed by atoms with Gasteiger partial charge in [0.25, 0.3) is 0 Å². The summed E-state index contributed by atoms with van der Waals surface area (Å²) < 4.78 is 5.97. The molecule has 2 saturated carbocycles. The number of rotatable bonds is 7. The molecular formula is C16H28N2O. The summed E-state index contributed by atoms with van der Waals surface area (Å²) in [4.78, 5) is 0. The van der Waals surface area contributed by atoms with E-state index in [1.165, 1.54) is 38.5 Å². The number of nitrogens with one attached hydrogen (secondary N) is 1. The second-order valence-corrected chi connectivity index (χ2v) is 6.17. The van der Waals surface area contributed by atoms with Crippen LogP contribution in [0.4, 0.5) is 0 Å². The molecule has 3 heteroatoms. The Bertz CT molecular complexity index is 306. The molecule has 0 aliphatic heterocycles. The Morgan fingerprint density at radius 3 is 2.74 bits per heavy atom. The molecule has 0 aromatic heterocycles. The van der Waals surface area contributed by atoms with Crippen LogP contribution in [-0.4, -0.2) is 24.8 Å². The van der Waals surface area contributed by atoms with Gasteiger partial charge in [-0.15, -0.1) is 0 Å². The van der Waals surface area contributed by atoms with Gasteiger partial charge in [0.05, 0.1) is 12.2 Å². The first-order valence-electron chi connectivity index (χ1n) is 8.08. The minimum Gasteiger partial charge on any atom is -0.378 e. The van der Waals surface area contributed by atoms with Gasteiger partial charge in [-0.05, 0) is 51.0 Å². The highest BCUT2D eigenvalue weighted by atomic mass is 16.5. The SMILES string of the molecule is CCCNC1(C#N)CCCC1CCOC1CCCC1. The predicted molar refractivity (Wildman–Crippen MR) is 76.8 cm³/mol. The Labute approximate surface area is 117 Å². The van der Waals surface area contributed by atoms with E-state index in [9.17, 15) is 5.26 Å². The maximum atomic E-state index is 9.57. The van der Waals surface area contributed by atoms with Gasteiger partial charge in [-0.25, -0.2) is 0 Å². The Morgan fingerprint density at radius 1 is 1.26 bits per heavy atom. The van der Waals surface area contributed by atoms with E-state index in [1.807, 2.05) is 0 Å². The van der Waals surface area contributed by atoms with Crippen LogP contribution in [0.5, 0.6) is 0 Å². The van der Waals surface area contributed by atoms with Crippen LogP contribution in [0, 0.1) is 17.2 Å². The second kappa shape index (κ2) is 7.26. The maximum absolute atomic E-state index is 9.57. The van der Waals surface area contributed by atoms with E-state index < -0.39 is 0 Å². The molecule has 2 atom stereocenters. The highest BCUT2D eigenvalue weighted by Crippen LogP contribution is 2.37. The normalized spacial score (nSPS) is 31.7. The van der Waals surface area contributed by atoms with Crippen molar-refractivity contribution in [3.8, 4) is 6.07 Å². The second-order valence-electron chi connectivity index (χ2n) is 6.17. The van der Waals surface area contributed by atoms with Crippen molar-refractivity contribution in [3.05, 3.63) is 0 Å². The van der Waals surface area contributed by atoms with Crippen LogP contribution in [0.1, 0.15) is 64.7 Å². The molecule has 3 nitrogen and oxygen atoms in total. The van der Waals surface area contributed by atoms with E-state index in [0.29, 0.717) is 12.0 Å². The molecule has 0 saturated heterocycles. The molecule has 2 aliphatic rings. The van der Waals surface area contributed by atoms with E-state index in [2.05, 4.69) is 18.3 Å². The van der Waals surface area contributed by atoms with Gasteiger partial charge in [0, 0.05) is 6.61 Å². The third-order valence-corrected chi connectivity index (χ3v) is 4.83. The van der Waals surface area contributed by atoms with Crippen molar-refractivity contribution in [3.63, 3.8) is 0 Å². The standard InChI is InChI=1S/C16H28N2O/c1-2-11-18-16(13-17)10-5-6-14(16)9-12-19-15-7-3-4-8-15/h14-15,18H,2-12H2,1H3. The molecule has 0 radical (unpaired) electrons. The molecule has 0 amide bonds. The number of hydrogen-bond acceptors (Lipinski definition) is 3. The first-order chi connectivity index (χ1) is 9.30. The molecule has 19 heavy (non-hydrogen) atoms. The van der Waals surface area contributed by atoms with Crippen molar-refractivity contribution in [2.75, 3.05) is 13.2 Å². The molecular weight excluding hydrogens is 236 g/mol. The van der Waals surface area contributed by atoms with Crippen LogP contribution in [0.3, 0.4) is 0 Å². The zero-order chi connectivity index (χ0) is 13.6. The monoisotopic (exact) mass is 264 g/mol. The zero-order valence-electron chi connectivity index (χ0n) is 12.3. The molecule has 0 aromatic rings. The lowest BCUT2D eigenvalue weighted by Gasteiger charge is -2.30. The summed E-state index contributed by atoms with van der Waals surface area (Å²) >= 11 is 0. The van der Waals surface area contributed by atoms with Gasteiger partial charge in [-0.3, -0.25) is 5.32 Å². The average Bonchev–Trinajstić information content (AvgIpc) is 3.07. The van der Waals surface area contributed by atoms with E-state index in [-0.39, 0.29) is 5.54 Å². The van der Waals surface area contributed by atoms with E-state index in [1.54, 1.807) is 0 Å². The maximum Gasteiger partial charge on any atom is 0.109 e. The summed E-state index contributed by atoms with van der Waals surface area (Å²) in [5.41, 5.74) is -0.269. The smallest absolute Gasteiger partial charge is 0.109 e. The molecule has 0 aromatic carbocycles. The molecule has 2 rings (SSSR count). The Hall–Kier alpha value is -0.590. The lowest BCUT2D eigenvalue weighted by Crippen LogP contribution is -2.47. The molecule has 1 N–H and O–H groups in total. The summed E-state index contributed by atoms with van der Waals surface area (Å²) in [5.74, 6) is 0.477. The topological polar surface area (TPSA) is 45.0 Å². The highest BCUT2D eigenvalue weighted by molar-refractivity contribution is 5.14. The molecule has 2 unspecified atom stereocenters. The Balaban J connectivity index is 1.78. The fraction of sp³-hybridized carbons (Fsp3) is 0.938. The first-order valence-corrected chi connectivity index (χ1v) is 8.08.